The fraction of sp³-hybridized carbons (Fsp3) is 0.769. The smallest absolute Gasteiger partial charge is 0.224 e. The third-order valence-corrected chi connectivity index (χ3v) is 4.34. The van der Waals surface area contributed by atoms with Gasteiger partial charge in [-0.25, -0.2) is 0 Å². The van der Waals surface area contributed by atoms with Crippen molar-refractivity contribution in [3.8, 4) is 0 Å². The largest absolute Gasteiger partial charge is 0.360 e. The lowest BCUT2D eigenvalue weighted by Crippen LogP contribution is -2.41. The summed E-state index contributed by atoms with van der Waals surface area (Å²) in [4.78, 5) is 14.0. The highest BCUT2D eigenvalue weighted by Gasteiger charge is 2.25. The number of rotatable bonds is 6. The molecule has 1 amide bonds. The van der Waals surface area contributed by atoms with Gasteiger partial charge in [0, 0.05) is 20.1 Å². The molecule has 1 aromatic rings. The van der Waals surface area contributed by atoms with Crippen molar-refractivity contribution in [3.05, 3.63) is 5.01 Å². The highest BCUT2D eigenvalue weighted by atomic mass is 32.1. The summed E-state index contributed by atoms with van der Waals surface area (Å²) in [7, 11) is 1.71. The fourth-order valence-corrected chi connectivity index (χ4v) is 3.24. The normalized spacial score (nSPS) is 19.8. The van der Waals surface area contributed by atoms with Crippen LogP contribution in [0.2, 0.25) is 0 Å². The van der Waals surface area contributed by atoms with E-state index in [0.717, 1.165) is 55.6 Å². The summed E-state index contributed by atoms with van der Waals surface area (Å²) < 4.78 is 0. The van der Waals surface area contributed by atoms with E-state index in [-0.39, 0.29) is 11.8 Å². The summed E-state index contributed by atoms with van der Waals surface area (Å²) in [6.07, 6.45) is 3.13. The van der Waals surface area contributed by atoms with Gasteiger partial charge in [0.25, 0.3) is 0 Å². The first-order chi connectivity index (χ1) is 9.72. The van der Waals surface area contributed by atoms with Crippen molar-refractivity contribution in [1.29, 1.82) is 0 Å². The third kappa shape index (κ3) is 4.14. The van der Waals surface area contributed by atoms with E-state index in [9.17, 15) is 4.79 Å². The van der Waals surface area contributed by atoms with Gasteiger partial charge in [-0.15, -0.1) is 10.2 Å². The minimum atomic E-state index is 0.111. The Morgan fingerprint density at radius 1 is 1.50 bits per heavy atom. The van der Waals surface area contributed by atoms with Gasteiger partial charge >= 0.3 is 0 Å². The molecule has 1 aliphatic heterocycles. The Morgan fingerprint density at radius 3 is 3.10 bits per heavy atom. The molecule has 1 saturated heterocycles. The Kier molecular flexibility index (Phi) is 5.72. The zero-order valence-corrected chi connectivity index (χ0v) is 13.0. The number of carbonyl (C=O) groups is 1. The molecule has 2 N–H and O–H groups in total. The molecule has 1 aromatic heterocycles. The van der Waals surface area contributed by atoms with Crippen LogP contribution in [0.25, 0.3) is 0 Å². The number of hydrogen-bond donors (Lipinski definition) is 2. The number of nitrogens with one attached hydrogen (secondary N) is 2. The van der Waals surface area contributed by atoms with E-state index in [2.05, 4.69) is 32.7 Å². The molecule has 1 aliphatic rings. The first-order valence-electron chi connectivity index (χ1n) is 7.23. The molecule has 0 radical (unpaired) electrons. The third-order valence-electron chi connectivity index (χ3n) is 3.47. The summed E-state index contributed by atoms with van der Waals surface area (Å²) in [5, 5.41) is 16.3. The number of aromatic nitrogens is 2. The molecule has 0 aromatic carbocycles. The summed E-state index contributed by atoms with van der Waals surface area (Å²) in [6.45, 7) is 5.69. The molecule has 2 rings (SSSR count). The number of amides is 1. The Bertz CT molecular complexity index is 436. The molecule has 1 fully saturated rings. The van der Waals surface area contributed by atoms with Crippen LogP contribution in [0.3, 0.4) is 0 Å². The molecular weight excluding hydrogens is 274 g/mol. The first-order valence-corrected chi connectivity index (χ1v) is 8.04. The minimum Gasteiger partial charge on any atom is -0.360 e. The maximum atomic E-state index is 11.7. The van der Waals surface area contributed by atoms with E-state index in [0.29, 0.717) is 0 Å². The predicted molar refractivity (Wildman–Crippen MR) is 80.8 cm³/mol. The van der Waals surface area contributed by atoms with Crippen molar-refractivity contribution < 1.29 is 4.79 Å². The summed E-state index contributed by atoms with van der Waals surface area (Å²) in [5.74, 6) is 0.261. The van der Waals surface area contributed by atoms with E-state index in [1.54, 1.807) is 18.4 Å². The van der Waals surface area contributed by atoms with Crippen LogP contribution in [0.15, 0.2) is 0 Å². The average Bonchev–Trinajstić information content (AvgIpc) is 2.92. The van der Waals surface area contributed by atoms with Gasteiger partial charge < -0.3 is 10.6 Å². The second kappa shape index (κ2) is 7.54. The van der Waals surface area contributed by atoms with Crippen LogP contribution in [0, 0.1) is 5.92 Å². The van der Waals surface area contributed by atoms with Crippen LogP contribution >= 0.6 is 11.3 Å². The number of carbonyl (C=O) groups excluding carboxylic acids is 1. The molecule has 6 nitrogen and oxygen atoms in total. The second-order valence-corrected chi connectivity index (χ2v) is 6.18. The molecule has 0 saturated carbocycles. The summed E-state index contributed by atoms with van der Waals surface area (Å²) in [5.41, 5.74) is 0. The van der Waals surface area contributed by atoms with Crippen molar-refractivity contribution in [1.82, 2.24) is 20.4 Å². The quantitative estimate of drug-likeness (QED) is 0.828. The second-order valence-electron chi connectivity index (χ2n) is 5.12. The standard InChI is InChI=1S/C13H23N5OS/c1-3-6-15-13-17-16-11(20-13)9-18-7-4-5-10(8-18)12(19)14-2/h10H,3-9H2,1-2H3,(H,14,19)(H,15,17). The lowest BCUT2D eigenvalue weighted by Gasteiger charge is -2.30. The van der Waals surface area contributed by atoms with Gasteiger partial charge in [-0.2, -0.15) is 0 Å². The van der Waals surface area contributed by atoms with Crippen molar-refractivity contribution in [3.63, 3.8) is 0 Å². The summed E-state index contributed by atoms with van der Waals surface area (Å²) in [6, 6.07) is 0. The Balaban J connectivity index is 1.86. The van der Waals surface area contributed by atoms with Gasteiger partial charge in [-0.3, -0.25) is 9.69 Å². The maximum Gasteiger partial charge on any atom is 0.224 e. The van der Waals surface area contributed by atoms with Crippen molar-refractivity contribution in [2.45, 2.75) is 32.7 Å². The van der Waals surface area contributed by atoms with Crippen LogP contribution < -0.4 is 10.6 Å². The molecule has 1 unspecified atom stereocenters. The molecule has 2 heterocycles. The van der Waals surface area contributed by atoms with Gasteiger partial charge in [-0.1, -0.05) is 18.3 Å². The van der Waals surface area contributed by atoms with E-state index in [1.807, 2.05) is 0 Å². The zero-order chi connectivity index (χ0) is 14.4. The maximum absolute atomic E-state index is 11.7. The van der Waals surface area contributed by atoms with Gasteiger partial charge in [0.2, 0.25) is 11.0 Å². The van der Waals surface area contributed by atoms with Crippen LogP contribution in [0.5, 0.6) is 0 Å². The lowest BCUT2D eigenvalue weighted by atomic mass is 9.97. The van der Waals surface area contributed by atoms with Crippen LogP contribution in [0.4, 0.5) is 5.13 Å². The van der Waals surface area contributed by atoms with E-state index in [4.69, 9.17) is 0 Å². The number of piperidine rings is 1. The molecule has 20 heavy (non-hydrogen) atoms. The molecule has 0 aliphatic carbocycles. The molecular formula is C13H23N5OS. The fourth-order valence-electron chi connectivity index (χ4n) is 2.43. The highest BCUT2D eigenvalue weighted by Crippen LogP contribution is 2.21. The molecule has 1 atom stereocenters. The van der Waals surface area contributed by atoms with E-state index >= 15 is 0 Å². The van der Waals surface area contributed by atoms with Gasteiger partial charge in [0.15, 0.2) is 0 Å². The van der Waals surface area contributed by atoms with Crippen LogP contribution in [-0.4, -0.2) is 47.7 Å². The van der Waals surface area contributed by atoms with Crippen molar-refractivity contribution in [2.24, 2.45) is 5.92 Å². The SMILES string of the molecule is CCCNc1nnc(CN2CCCC(C(=O)NC)C2)s1. The summed E-state index contributed by atoms with van der Waals surface area (Å²) >= 11 is 1.61. The monoisotopic (exact) mass is 297 g/mol. The van der Waals surface area contributed by atoms with E-state index < -0.39 is 0 Å². The van der Waals surface area contributed by atoms with Crippen molar-refractivity contribution in [2.75, 3.05) is 32.0 Å². The van der Waals surface area contributed by atoms with E-state index in [1.165, 1.54) is 0 Å². The number of nitrogens with zero attached hydrogens (tertiary/aromatic N) is 3. The topological polar surface area (TPSA) is 70.2 Å². The average molecular weight is 297 g/mol. The minimum absolute atomic E-state index is 0.111. The first kappa shape index (κ1) is 15.2. The van der Waals surface area contributed by atoms with Crippen LogP contribution in [-0.2, 0) is 11.3 Å². The zero-order valence-electron chi connectivity index (χ0n) is 12.2. The van der Waals surface area contributed by atoms with Gasteiger partial charge in [0.05, 0.1) is 12.5 Å². The van der Waals surface area contributed by atoms with Crippen LogP contribution in [0.1, 0.15) is 31.2 Å². The molecule has 7 heteroatoms. The van der Waals surface area contributed by atoms with Gasteiger partial charge in [-0.05, 0) is 25.8 Å². The molecule has 0 bridgehead atoms. The Hall–Kier alpha value is -1.21. The molecule has 112 valence electrons. The Labute approximate surface area is 124 Å². The lowest BCUT2D eigenvalue weighted by molar-refractivity contribution is -0.126. The molecule has 0 spiro atoms. The highest BCUT2D eigenvalue weighted by molar-refractivity contribution is 7.15. The predicted octanol–water partition coefficient (Wildman–Crippen LogP) is 1.32. The number of anilines is 1. The number of hydrogen-bond acceptors (Lipinski definition) is 6. The Morgan fingerprint density at radius 2 is 2.35 bits per heavy atom. The number of likely N-dealkylation sites (tertiary alicyclic amines) is 1. The van der Waals surface area contributed by atoms with Crippen molar-refractivity contribution >= 4 is 22.4 Å². The van der Waals surface area contributed by atoms with Gasteiger partial charge in [0.1, 0.15) is 5.01 Å².